The zero-order chi connectivity index (χ0) is 22.5. The molecule has 0 bridgehead atoms. The van der Waals surface area contributed by atoms with Crippen LogP contribution in [0.3, 0.4) is 0 Å². The van der Waals surface area contributed by atoms with Gasteiger partial charge in [0.05, 0.1) is 12.5 Å². The van der Waals surface area contributed by atoms with E-state index in [9.17, 15) is 18.0 Å². The lowest BCUT2D eigenvalue weighted by Gasteiger charge is -2.41. The third-order valence-corrected chi connectivity index (χ3v) is 5.87. The van der Waals surface area contributed by atoms with Crippen molar-refractivity contribution in [2.45, 2.75) is 38.5 Å². The summed E-state index contributed by atoms with van der Waals surface area (Å²) >= 11 is 0. The van der Waals surface area contributed by atoms with Gasteiger partial charge in [0.15, 0.2) is 0 Å². The van der Waals surface area contributed by atoms with Gasteiger partial charge in [0.25, 0.3) is 0 Å². The van der Waals surface area contributed by atoms with Crippen molar-refractivity contribution in [2.75, 3.05) is 13.1 Å². The molecule has 2 aromatic rings. The van der Waals surface area contributed by atoms with Crippen LogP contribution in [0, 0.1) is 11.3 Å². The quantitative estimate of drug-likeness (QED) is 0.667. The number of aromatic nitrogens is 2. The van der Waals surface area contributed by atoms with Crippen LogP contribution in [0.15, 0.2) is 42.7 Å². The van der Waals surface area contributed by atoms with Gasteiger partial charge in [0.2, 0.25) is 5.91 Å². The maximum Gasteiger partial charge on any atom is 0.490 e. The predicted octanol–water partition coefficient (Wildman–Crippen LogP) is 2.57. The number of carboxylic acids is 1. The lowest BCUT2D eigenvalue weighted by atomic mass is 9.62. The Bertz CT molecular complexity index is 878. The largest absolute Gasteiger partial charge is 0.490 e. The molecule has 2 fully saturated rings. The Morgan fingerprint density at radius 1 is 1.23 bits per heavy atom. The van der Waals surface area contributed by atoms with Crippen molar-refractivity contribution in [2.24, 2.45) is 11.3 Å². The van der Waals surface area contributed by atoms with Crippen molar-refractivity contribution < 1.29 is 27.9 Å². The highest BCUT2D eigenvalue weighted by Gasteiger charge is 2.50. The maximum atomic E-state index is 12.5. The van der Waals surface area contributed by atoms with Crippen LogP contribution in [0.1, 0.15) is 30.4 Å². The minimum Gasteiger partial charge on any atom is -0.475 e. The maximum absolute atomic E-state index is 12.5. The van der Waals surface area contributed by atoms with E-state index >= 15 is 0 Å². The number of carboxylic acid groups (broad SMARTS) is 1. The van der Waals surface area contributed by atoms with E-state index in [-0.39, 0.29) is 17.2 Å². The van der Waals surface area contributed by atoms with Crippen molar-refractivity contribution >= 4 is 11.9 Å². The van der Waals surface area contributed by atoms with E-state index in [2.05, 4.69) is 40.0 Å². The van der Waals surface area contributed by atoms with Crippen LogP contribution < -0.4 is 10.6 Å². The highest BCUT2D eigenvalue weighted by atomic mass is 19.4. The van der Waals surface area contributed by atoms with E-state index in [1.54, 1.807) is 6.20 Å². The summed E-state index contributed by atoms with van der Waals surface area (Å²) in [4.78, 5) is 21.4. The van der Waals surface area contributed by atoms with Gasteiger partial charge in [-0.25, -0.2) is 4.79 Å². The van der Waals surface area contributed by atoms with E-state index in [0.717, 1.165) is 25.2 Å². The molecule has 1 spiro atoms. The molecule has 168 valence electrons. The van der Waals surface area contributed by atoms with E-state index in [1.165, 1.54) is 24.8 Å². The third-order valence-electron chi connectivity index (χ3n) is 5.87. The average molecular weight is 438 g/mol. The Balaban J connectivity index is 0.000000339. The van der Waals surface area contributed by atoms with Crippen molar-refractivity contribution in [3.05, 3.63) is 53.9 Å². The first-order valence-electron chi connectivity index (χ1n) is 10.0. The van der Waals surface area contributed by atoms with Gasteiger partial charge in [0, 0.05) is 32.0 Å². The predicted molar refractivity (Wildman–Crippen MR) is 106 cm³/mol. The lowest BCUT2D eigenvalue weighted by molar-refractivity contribution is -0.192. The van der Waals surface area contributed by atoms with Gasteiger partial charge in [0.1, 0.15) is 0 Å². The minimum atomic E-state index is -5.08. The molecule has 1 aromatic carbocycles. The van der Waals surface area contributed by atoms with Gasteiger partial charge in [-0.15, -0.1) is 0 Å². The molecule has 1 aromatic heterocycles. The average Bonchev–Trinajstić information content (AvgIpc) is 3.36. The monoisotopic (exact) mass is 438 g/mol. The normalized spacial score (nSPS) is 19.3. The van der Waals surface area contributed by atoms with Gasteiger partial charge in [-0.2, -0.15) is 18.3 Å². The standard InChI is InChI=1S/C19H24N4O.C2HF3O2/c24-18(17-12-20-14-19(17)7-1-8-19)21-11-15-3-5-16(6-4-15)13-23-10-2-9-22-23;3-2(4,5)1(6)7/h2-6,9-10,17,20H,1,7-8,11-14H2,(H,21,24);(H,6,7). The molecule has 31 heavy (non-hydrogen) atoms. The fraction of sp³-hybridized carbons (Fsp3) is 0.476. The molecule has 0 radical (unpaired) electrons. The summed E-state index contributed by atoms with van der Waals surface area (Å²) in [6.07, 6.45) is 2.32. The molecule has 1 atom stereocenters. The molecule has 1 aliphatic carbocycles. The van der Waals surface area contributed by atoms with E-state index < -0.39 is 12.1 Å². The van der Waals surface area contributed by atoms with Crippen molar-refractivity contribution in [1.29, 1.82) is 0 Å². The molecule has 2 aliphatic rings. The molecule has 10 heteroatoms. The Morgan fingerprint density at radius 2 is 1.87 bits per heavy atom. The van der Waals surface area contributed by atoms with Crippen LogP contribution in [0.4, 0.5) is 13.2 Å². The number of halogens is 3. The zero-order valence-corrected chi connectivity index (χ0v) is 16.9. The fourth-order valence-electron chi connectivity index (χ4n) is 3.99. The summed E-state index contributed by atoms with van der Waals surface area (Å²) in [5.41, 5.74) is 2.60. The topological polar surface area (TPSA) is 96.3 Å². The van der Waals surface area contributed by atoms with Crippen LogP contribution in [-0.4, -0.2) is 46.0 Å². The van der Waals surface area contributed by atoms with Crippen molar-refractivity contribution in [1.82, 2.24) is 20.4 Å². The van der Waals surface area contributed by atoms with Gasteiger partial charge in [-0.1, -0.05) is 30.7 Å². The van der Waals surface area contributed by atoms with Gasteiger partial charge in [-0.05, 0) is 35.4 Å². The van der Waals surface area contributed by atoms with Crippen LogP contribution >= 0.6 is 0 Å². The Hall–Kier alpha value is -2.88. The summed E-state index contributed by atoms with van der Waals surface area (Å²) in [5.74, 6) is -2.40. The summed E-state index contributed by atoms with van der Waals surface area (Å²) in [5, 5.41) is 17.9. The number of nitrogens with one attached hydrogen (secondary N) is 2. The number of benzene rings is 1. The van der Waals surface area contributed by atoms with Gasteiger partial charge in [-0.3, -0.25) is 9.48 Å². The fourth-order valence-corrected chi connectivity index (χ4v) is 3.99. The van der Waals surface area contributed by atoms with Gasteiger partial charge < -0.3 is 15.7 Å². The van der Waals surface area contributed by atoms with E-state index in [4.69, 9.17) is 9.90 Å². The third kappa shape index (κ3) is 5.84. The SMILES string of the molecule is O=C(NCc1ccc(Cn2cccn2)cc1)C1CNCC12CCC2.O=C(O)C(F)(F)F. The first kappa shape index (κ1) is 22.8. The Labute approximate surface area is 177 Å². The molecule has 1 amide bonds. The highest BCUT2D eigenvalue weighted by Crippen LogP contribution is 2.49. The van der Waals surface area contributed by atoms with E-state index in [0.29, 0.717) is 6.54 Å². The van der Waals surface area contributed by atoms with Crippen LogP contribution in [0.25, 0.3) is 0 Å². The summed E-state index contributed by atoms with van der Waals surface area (Å²) in [6, 6.07) is 10.3. The second kappa shape index (κ2) is 9.51. The lowest BCUT2D eigenvalue weighted by Crippen LogP contribution is -2.45. The number of carbonyl (C=O) groups excluding carboxylic acids is 1. The molecule has 2 heterocycles. The molecular formula is C21H25F3N4O3. The summed E-state index contributed by atoms with van der Waals surface area (Å²) in [6.45, 7) is 3.21. The van der Waals surface area contributed by atoms with Crippen molar-refractivity contribution in [3.63, 3.8) is 0 Å². The number of nitrogens with zero attached hydrogens (tertiary/aromatic N) is 2. The minimum absolute atomic E-state index is 0.144. The summed E-state index contributed by atoms with van der Waals surface area (Å²) in [7, 11) is 0. The second-order valence-electron chi connectivity index (χ2n) is 7.94. The second-order valence-corrected chi connectivity index (χ2v) is 7.94. The van der Waals surface area contributed by atoms with E-state index in [1.807, 2.05) is 16.9 Å². The van der Waals surface area contributed by atoms with Crippen LogP contribution in [0.5, 0.6) is 0 Å². The zero-order valence-electron chi connectivity index (χ0n) is 16.9. The molecule has 7 nitrogen and oxygen atoms in total. The number of alkyl halides is 3. The van der Waals surface area contributed by atoms with Crippen LogP contribution in [0.2, 0.25) is 0 Å². The van der Waals surface area contributed by atoms with Crippen LogP contribution in [-0.2, 0) is 22.7 Å². The molecular weight excluding hydrogens is 413 g/mol. The molecule has 3 N–H and O–H groups in total. The Kier molecular flexibility index (Phi) is 6.99. The van der Waals surface area contributed by atoms with Gasteiger partial charge >= 0.3 is 12.1 Å². The number of amides is 1. The molecule has 1 saturated carbocycles. The summed E-state index contributed by atoms with van der Waals surface area (Å²) < 4.78 is 33.6. The molecule has 1 saturated heterocycles. The number of aliphatic carboxylic acids is 1. The smallest absolute Gasteiger partial charge is 0.475 e. The highest BCUT2D eigenvalue weighted by molar-refractivity contribution is 5.80. The first-order chi connectivity index (χ1) is 14.7. The molecule has 1 aliphatic heterocycles. The molecule has 4 rings (SSSR count). The Morgan fingerprint density at radius 3 is 2.39 bits per heavy atom. The number of hydrogen-bond donors (Lipinski definition) is 3. The first-order valence-corrected chi connectivity index (χ1v) is 10.0. The molecule has 1 unspecified atom stereocenters. The number of hydrogen-bond acceptors (Lipinski definition) is 4. The van der Waals surface area contributed by atoms with Crippen molar-refractivity contribution in [3.8, 4) is 0 Å². The number of rotatable bonds is 5. The number of carbonyl (C=O) groups is 2.